The summed E-state index contributed by atoms with van der Waals surface area (Å²) in [6.45, 7) is 11.3. The maximum absolute atomic E-state index is 6.50. The molecule has 0 N–H and O–H groups in total. The maximum Gasteiger partial charge on any atom is 0.242 e. The van der Waals surface area contributed by atoms with Gasteiger partial charge in [-0.2, -0.15) is 0 Å². The van der Waals surface area contributed by atoms with Crippen molar-refractivity contribution in [3.63, 3.8) is 0 Å². The average Bonchev–Trinajstić information content (AvgIpc) is 2.85. The van der Waals surface area contributed by atoms with Crippen LogP contribution in [-0.4, -0.2) is 14.9 Å². The minimum Gasteiger partial charge on any atom is -0.544 e. The Morgan fingerprint density at radius 2 is 1.78 bits per heavy atom. The van der Waals surface area contributed by atoms with Crippen LogP contribution in [0.1, 0.15) is 33.1 Å². The first kappa shape index (κ1) is 21.3. The molecule has 0 aromatic carbocycles. The second-order valence-corrected chi connectivity index (χ2v) is 12.0. The van der Waals surface area contributed by atoms with Crippen molar-refractivity contribution >= 4 is 31.5 Å². The summed E-state index contributed by atoms with van der Waals surface area (Å²) in [4.78, 5) is 0. The minimum absolute atomic E-state index is 0. The third-order valence-corrected chi connectivity index (χ3v) is 5.12. The predicted octanol–water partition coefficient (Wildman–Crippen LogP) is 6.21. The first-order valence-electron chi connectivity index (χ1n) is 7.70. The van der Waals surface area contributed by atoms with Gasteiger partial charge in [0.2, 0.25) is 8.32 Å². The number of hydrogen-bond acceptors (Lipinski definition) is 2. The largest absolute Gasteiger partial charge is 0.544 e. The summed E-state index contributed by atoms with van der Waals surface area (Å²) in [7, 11) is -1.69. The maximum atomic E-state index is 6.50. The summed E-state index contributed by atoms with van der Waals surface area (Å²) in [6, 6.07) is 0. The molecule has 0 spiro atoms. The van der Waals surface area contributed by atoms with Crippen LogP contribution in [0.25, 0.3) is 0 Å². The van der Waals surface area contributed by atoms with E-state index in [0.717, 1.165) is 45.6 Å². The predicted molar refractivity (Wildman–Crippen MR) is 96.4 cm³/mol. The molecule has 0 bridgehead atoms. The average molecular weight is 451 g/mol. The Balaban J connectivity index is 0.00000264. The fourth-order valence-electron chi connectivity index (χ4n) is 2.66. The van der Waals surface area contributed by atoms with Gasteiger partial charge in [-0.15, -0.1) is 0 Å². The van der Waals surface area contributed by atoms with Crippen LogP contribution in [0, 0.1) is 0 Å². The van der Waals surface area contributed by atoms with E-state index in [-0.39, 0.29) is 26.2 Å². The van der Waals surface area contributed by atoms with E-state index in [1.165, 1.54) is 5.57 Å². The summed E-state index contributed by atoms with van der Waals surface area (Å²) < 4.78 is 12.0. The molecule has 0 amide bonds. The van der Waals surface area contributed by atoms with Gasteiger partial charge in [0.25, 0.3) is 0 Å². The Bertz CT molecular complexity index is 598. The Hall–Kier alpha value is 0.240. The molecule has 0 atom stereocenters. The van der Waals surface area contributed by atoms with Gasteiger partial charge in [-0.1, -0.05) is 23.2 Å². The van der Waals surface area contributed by atoms with Crippen molar-refractivity contribution in [2.45, 2.75) is 52.8 Å². The van der Waals surface area contributed by atoms with Crippen molar-refractivity contribution in [2.75, 3.05) is 6.61 Å². The normalized spacial score (nSPS) is 18.5. The quantitative estimate of drug-likeness (QED) is 0.448. The van der Waals surface area contributed by atoms with Gasteiger partial charge in [-0.05, 0) is 45.1 Å². The summed E-state index contributed by atoms with van der Waals surface area (Å²) in [5.74, 6) is 1.87. The molecule has 0 aliphatic heterocycles. The molecule has 0 heterocycles. The van der Waals surface area contributed by atoms with E-state index in [1.54, 1.807) is 0 Å². The molecule has 2 rings (SSSR count). The van der Waals surface area contributed by atoms with Crippen molar-refractivity contribution in [1.29, 1.82) is 0 Å². The summed E-state index contributed by atoms with van der Waals surface area (Å²) in [6.07, 6.45) is 4.24. The van der Waals surface area contributed by atoms with Gasteiger partial charge < -0.3 is 9.16 Å². The van der Waals surface area contributed by atoms with E-state index in [0.29, 0.717) is 13.0 Å². The Labute approximate surface area is 169 Å². The van der Waals surface area contributed by atoms with Crippen LogP contribution in [0.5, 0.6) is 0 Å². The number of halogens is 2. The van der Waals surface area contributed by atoms with Crippen molar-refractivity contribution in [2.24, 2.45) is 0 Å². The monoisotopic (exact) mass is 448 g/mol. The van der Waals surface area contributed by atoms with Crippen LogP contribution in [0.15, 0.2) is 44.4 Å². The van der Waals surface area contributed by atoms with Crippen LogP contribution >= 0.6 is 23.2 Å². The van der Waals surface area contributed by atoms with Crippen molar-refractivity contribution in [3.8, 4) is 0 Å². The Morgan fingerprint density at radius 3 is 2.35 bits per heavy atom. The van der Waals surface area contributed by atoms with Crippen molar-refractivity contribution in [3.05, 3.63) is 44.4 Å². The standard InChI is InChI=1S/C17H24Cl2O2Si.Zr/c1-6-20-16-8-7-14(18)12(16)10-13-15(19)9-11(2)17(13)21-22(3,4)5;/h8H,6-7,9-10H2,1-5H3;. The minimum atomic E-state index is -1.69. The summed E-state index contributed by atoms with van der Waals surface area (Å²) >= 11 is 12.9. The zero-order valence-electron chi connectivity index (χ0n) is 14.5. The van der Waals surface area contributed by atoms with E-state index in [1.807, 2.05) is 13.0 Å². The van der Waals surface area contributed by atoms with Crippen molar-refractivity contribution in [1.82, 2.24) is 0 Å². The van der Waals surface area contributed by atoms with Crippen LogP contribution in [0.3, 0.4) is 0 Å². The molecule has 23 heavy (non-hydrogen) atoms. The SMILES string of the molecule is CCOC1=CCC(Cl)=C1CC1=C(Cl)CC(C)=C1O[Si](C)(C)C.[Zr]. The van der Waals surface area contributed by atoms with Gasteiger partial charge >= 0.3 is 0 Å². The van der Waals surface area contributed by atoms with Gasteiger partial charge in [0.05, 0.1) is 6.61 Å². The molecule has 0 fully saturated rings. The fourth-order valence-corrected chi connectivity index (χ4v) is 4.16. The van der Waals surface area contributed by atoms with Crippen molar-refractivity contribution < 1.29 is 35.4 Å². The molecule has 0 saturated heterocycles. The van der Waals surface area contributed by atoms with Crippen LogP contribution in [0.2, 0.25) is 19.6 Å². The number of ether oxygens (including phenoxy) is 1. The van der Waals surface area contributed by atoms with Gasteiger partial charge in [-0.25, -0.2) is 0 Å². The third kappa shape index (κ3) is 5.36. The molecule has 0 saturated carbocycles. The first-order chi connectivity index (χ1) is 10.2. The zero-order valence-corrected chi connectivity index (χ0v) is 19.4. The number of rotatable bonds is 6. The first-order valence-corrected chi connectivity index (χ1v) is 11.9. The van der Waals surface area contributed by atoms with E-state index >= 15 is 0 Å². The summed E-state index contributed by atoms with van der Waals surface area (Å²) in [5.41, 5.74) is 3.32. The molecule has 0 radical (unpaired) electrons. The second kappa shape index (κ2) is 8.56. The van der Waals surface area contributed by atoms with E-state index in [4.69, 9.17) is 32.4 Å². The summed E-state index contributed by atoms with van der Waals surface area (Å²) in [5, 5.41) is 1.71. The van der Waals surface area contributed by atoms with Crippen LogP contribution in [-0.2, 0) is 35.4 Å². The zero-order chi connectivity index (χ0) is 16.5. The molecule has 2 aliphatic carbocycles. The van der Waals surface area contributed by atoms with Gasteiger partial charge in [-0.3, -0.25) is 0 Å². The molecule has 6 heteroatoms. The second-order valence-electron chi connectivity index (χ2n) is 6.65. The smallest absolute Gasteiger partial charge is 0.242 e. The molecule has 0 unspecified atom stereocenters. The van der Waals surface area contributed by atoms with Crippen LogP contribution in [0.4, 0.5) is 0 Å². The molecule has 0 aromatic heterocycles. The van der Waals surface area contributed by atoms with E-state index in [9.17, 15) is 0 Å². The van der Waals surface area contributed by atoms with E-state index in [2.05, 4.69) is 26.6 Å². The fraction of sp³-hybridized carbons (Fsp3) is 0.529. The third-order valence-electron chi connectivity index (χ3n) is 3.56. The molecule has 2 nitrogen and oxygen atoms in total. The molecule has 126 valence electrons. The number of allylic oxidation sites excluding steroid dienone is 6. The Kier molecular flexibility index (Phi) is 7.92. The molecular weight excluding hydrogens is 426 g/mol. The van der Waals surface area contributed by atoms with E-state index < -0.39 is 8.32 Å². The van der Waals surface area contributed by atoms with Gasteiger partial charge in [0.1, 0.15) is 11.5 Å². The van der Waals surface area contributed by atoms with Gasteiger partial charge in [0.15, 0.2) is 0 Å². The molecule has 2 aliphatic rings. The topological polar surface area (TPSA) is 18.5 Å². The molecular formula is C17H24Cl2O2SiZr. The number of hydrogen-bond donors (Lipinski definition) is 0. The van der Waals surface area contributed by atoms with Crippen LogP contribution < -0.4 is 0 Å². The molecule has 0 aromatic rings. The van der Waals surface area contributed by atoms with Gasteiger partial charge in [0, 0.05) is 66.7 Å². The Morgan fingerprint density at radius 1 is 1.13 bits per heavy atom.